The van der Waals surface area contributed by atoms with Gasteiger partial charge in [0.1, 0.15) is 0 Å². The summed E-state index contributed by atoms with van der Waals surface area (Å²) in [6.45, 7) is 3.75. The van der Waals surface area contributed by atoms with Crippen molar-refractivity contribution in [1.29, 1.82) is 0 Å². The summed E-state index contributed by atoms with van der Waals surface area (Å²) in [5.41, 5.74) is 9.10. The molecule has 1 unspecified atom stereocenters. The van der Waals surface area contributed by atoms with E-state index in [0.29, 0.717) is 18.0 Å². The van der Waals surface area contributed by atoms with Crippen molar-refractivity contribution < 1.29 is 4.39 Å². The van der Waals surface area contributed by atoms with Gasteiger partial charge in [-0.1, -0.05) is 37.3 Å². The molecular formula is C17H19FN2. The number of anilines is 2. The van der Waals surface area contributed by atoms with Crippen LogP contribution in [-0.4, -0.2) is 6.54 Å². The Hall–Kier alpha value is -2.03. The number of hydrogen-bond acceptors (Lipinski definition) is 2. The van der Waals surface area contributed by atoms with E-state index >= 15 is 0 Å². The minimum Gasteiger partial charge on any atom is -0.396 e. The largest absolute Gasteiger partial charge is 0.396 e. The number of benzene rings is 2. The van der Waals surface area contributed by atoms with E-state index in [2.05, 4.69) is 30.0 Å². The van der Waals surface area contributed by atoms with E-state index in [9.17, 15) is 4.39 Å². The van der Waals surface area contributed by atoms with Crippen molar-refractivity contribution in [3.8, 4) is 0 Å². The molecule has 2 N–H and O–H groups in total. The molecule has 0 saturated carbocycles. The minimum atomic E-state index is -0.289. The van der Waals surface area contributed by atoms with Gasteiger partial charge in [-0.05, 0) is 30.0 Å². The summed E-state index contributed by atoms with van der Waals surface area (Å²) < 4.78 is 14.1. The molecule has 104 valence electrons. The average molecular weight is 270 g/mol. The molecule has 1 aliphatic rings. The number of nitrogen functional groups attached to an aromatic ring is 1. The van der Waals surface area contributed by atoms with Crippen LogP contribution in [0.15, 0.2) is 42.5 Å². The van der Waals surface area contributed by atoms with E-state index in [1.54, 1.807) is 6.07 Å². The Morgan fingerprint density at radius 3 is 2.85 bits per heavy atom. The Bertz CT molecular complexity index is 624. The molecule has 1 atom stereocenters. The van der Waals surface area contributed by atoms with Crippen LogP contribution in [0.25, 0.3) is 0 Å². The number of rotatable bonds is 2. The Morgan fingerprint density at radius 1 is 1.20 bits per heavy atom. The van der Waals surface area contributed by atoms with Crippen LogP contribution in [0.5, 0.6) is 0 Å². The molecule has 1 heterocycles. The number of halogens is 1. The molecular weight excluding hydrogens is 251 g/mol. The zero-order valence-electron chi connectivity index (χ0n) is 11.6. The zero-order chi connectivity index (χ0) is 14.1. The van der Waals surface area contributed by atoms with Gasteiger partial charge in [0.2, 0.25) is 0 Å². The molecule has 0 bridgehead atoms. The number of hydrogen-bond donors (Lipinski definition) is 1. The molecule has 0 aromatic heterocycles. The molecule has 0 saturated heterocycles. The van der Waals surface area contributed by atoms with Crippen molar-refractivity contribution in [3.05, 3.63) is 59.4 Å². The number of nitrogens with zero attached hydrogens (tertiary/aromatic N) is 1. The lowest BCUT2D eigenvalue weighted by molar-refractivity contribution is 0.523. The molecule has 0 amide bonds. The van der Waals surface area contributed by atoms with Crippen LogP contribution in [0.1, 0.15) is 18.1 Å². The van der Waals surface area contributed by atoms with Gasteiger partial charge in [0, 0.05) is 24.3 Å². The normalized spacial score (nSPS) is 17.9. The van der Waals surface area contributed by atoms with Gasteiger partial charge in [-0.25, -0.2) is 4.39 Å². The molecule has 3 heteroatoms. The summed E-state index contributed by atoms with van der Waals surface area (Å²) in [7, 11) is 0. The third-order valence-corrected chi connectivity index (χ3v) is 3.90. The molecule has 1 aliphatic heterocycles. The first-order valence-corrected chi connectivity index (χ1v) is 7.01. The van der Waals surface area contributed by atoms with E-state index in [-0.39, 0.29) is 11.5 Å². The summed E-state index contributed by atoms with van der Waals surface area (Å²) in [5, 5.41) is 0. The number of nitrogens with two attached hydrogens (primary N) is 1. The Morgan fingerprint density at radius 2 is 2.00 bits per heavy atom. The average Bonchev–Trinajstić information content (AvgIpc) is 2.43. The maximum absolute atomic E-state index is 14.1. The van der Waals surface area contributed by atoms with Crippen LogP contribution in [0.4, 0.5) is 15.8 Å². The fourth-order valence-electron chi connectivity index (χ4n) is 2.98. The maximum Gasteiger partial charge on any atom is 0.151 e. The minimum absolute atomic E-state index is 0.223. The monoisotopic (exact) mass is 270 g/mol. The molecule has 0 fully saturated rings. The van der Waals surface area contributed by atoms with Crippen molar-refractivity contribution in [1.82, 2.24) is 0 Å². The lowest BCUT2D eigenvalue weighted by atomic mass is 9.93. The van der Waals surface area contributed by atoms with Crippen molar-refractivity contribution in [3.63, 3.8) is 0 Å². The number of fused-ring (bicyclic) bond motifs is 1. The van der Waals surface area contributed by atoms with Crippen molar-refractivity contribution in [2.45, 2.75) is 19.9 Å². The second-order valence-corrected chi connectivity index (χ2v) is 5.64. The highest BCUT2D eigenvalue weighted by atomic mass is 19.1. The Balaban J connectivity index is 1.93. The van der Waals surface area contributed by atoms with Gasteiger partial charge in [-0.15, -0.1) is 0 Å². The highest BCUT2D eigenvalue weighted by molar-refractivity contribution is 5.56. The van der Waals surface area contributed by atoms with Crippen LogP contribution in [0, 0.1) is 11.7 Å². The van der Waals surface area contributed by atoms with Crippen molar-refractivity contribution >= 4 is 11.4 Å². The first-order chi connectivity index (χ1) is 9.65. The third-order valence-electron chi connectivity index (χ3n) is 3.90. The topological polar surface area (TPSA) is 29.3 Å². The van der Waals surface area contributed by atoms with E-state index in [1.807, 2.05) is 18.2 Å². The van der Waals surface area contributed by atoms with E-state index in [0.717, 1.165) is 13.0 Å². The van der Waals surface area contributed by atoms with Gasteiger partial charge in [0.05, 0.1) is 5.69 Å². The standard InChI is InChI=1S/C17H19FN2/c1-12-9-13-5-2-3-8-16(13)20(10-12)11-14-6-4-7-15(19)17(14)18/h2-8,12H,9-11,19H2,1H3. The van der Waals surface area contributed by atoms with Gasteiger partial charge in [-0.2, -0.15) is 0 Å². The molecule has 20 heavy (non-hydrogen) atoms. The summed E-state index contributed by atoms with van der Waals surface area (Å²) >= 11 is 0. The molecule has 2 aromatic carbocycles. The smallest absolute Gasteiger partial charge is 0.151 e. The van der Waals surface area contributed by atoms with Crippen molar-refractivity contribution in [2.24, 2.45) is 5.92 Å². The highest BCUT2D eigenvalue weighted by Crippen LogP contribution is 2.31. The van der Waals surface area contributed by atoms with E-state index in [1.165, 1.54) is 11.3 Å². The first-order valence-electron chi connectivity index (χ1n) is 7.01. The lowest BCUT2D eigenvalue weighted by Crippen LogP contribution is -2.34. The highest BCUT2D eigenvalue weighted by Gasteiger charge is 2.22. The van der Waals surface area contributed by atoms with Gasteiger partial charge >= 0.3 is 0 Å². The SMILES string of the molecule is CC1Cc2ccccc2N(Cc2cccc(N)c2F)C1. The quantitative estimate of drug-likeness (QED) is 0.845. The maximum atomic E-state index is 14.1. The van der Waals surface area contributed by atoms with Gasteiger partial charge in [0.25, 0.3) is 0 Å². The summed E-state index contributed by atoms with van der Waals surface area (Å²) in [6, 6.07) is 13.6. The molecule has 0 radical (unpaired) electrons. The van der Waals surface area contributed by atoms with Crippen LogP contribution in [0.2, 0.25) is 0 Å². The molecule has 0 spiro atoms. The third kappa shape index (κ3) is 2.36. The second-order valence-electron chi connectivity index (χ2n) is 5.64. The molecule has 0 aliphatic carbocycles. The fourth-order valence-corrected chi connectivity index (χ4v) is 2.98. The van der Waals surface area contributed by atoms with Crippen LogP contribution in [-0.2, 0) is 13.0 Å². The predicted molar refractivity (Wildman–Crippen MR) is 81.2 cm³/mol. The van der Waals surface area contributed by atoms with Crippen LogP contribution < -0.4 is 10.6 Å². The molecule has 3 rings (SSSR count). The Kier molecular flexibility index (Phi) is 3.35. The Labute approximate surface area is 119 Å². The van der Waals surface area contributed by atoms with E-state index < -0.39 is 0 Å². The first kappa shape index (κ1) is 13.0. The van der Waals surface area contributed by atoms with Crippen molar-refractivity contribution in [2.75, 3.05) is 17.2 Å². The van der Waals surface area contributed by atoms with Gasteiger partial charge < -0.3 is 10.6 Å². The summed E-state index contributed by atoms with van der Waals surface area (Å²) in [6.07, 6.45) is 1.09. The zero-order valence-corrected chi connectivity index (χ0v) is 11.6. The fraction of sp³-hybridized carbons (Fsp3) is 0.294. The summed E-state index contributed by atoms with van der Waals surface area (Å²) in [5.74, 6) is 0.289. The molecule has 2 aromatic rings. The predicted octanol–water partition coefficient (Wildman–Crippen LogP) is 3.61. The van der Waals surface area contributed by atoms with E-state index in [4.69, 9.17) is 5.73 Å². The summed E-state index contributed by atoms with van der Waals surface area (Å²) in [4.78, 5) is 2.25. The van der Waals surface area contributed by atoms with Crippen LogP contribution >= 0.6 is 0 Å². The molecule has 2 nitrogen and oxygen atoms in total. The second kappa shape index (κ2) is 5.16. The van der Waals surface area contributed by atoms with Crippen LogP contribution in [0.3, 0.4) is 0 Å². The van der Waals surface area contributed by atoms with Gasteiger partial charge in [0.15, 0.2) is 5.82 Å². The number of para-hydroxylation sites is 1. The lowest BCUT2D eigenvalue weighted by Gasteiger charge is -2.35. The van der Waals surface area contributed by atoms with Gasteiger partial charge in [-0.3, -0.25) is 0 Å².